The van der Waals surface area contributed by atoms with Crippen LogP contribution in [0.2, 0.25) is 0 Å². The predicted molar refractivity (Wildman–Crippen MR) is 90.5 cm³/mol. The summed E-state index contributed by atoms with van der Waals surface area (Å²) in [5.74, 6) is 2.04. The van der Waals surface area contributed by atoms with E-state index >= 15 is 0 Å². The van der Waals surface area contributed by atoms with Gasteiger partial charge >= 0.3 is 0 Å². The molecule has 0 amide bonds. The third-order valence-electron chi connectivity index (χ3n) is 5.38. The predicted octanol–water partition coefficient (Wildman–Crippen LogP) is 3.93. The normalized spacial score (nSPS) is 30.7. The average molecular weight is 354 g/mol. The van der Waals surface area contributed by atoms with Gasteiger partial charge in [0.25, 0.3) is 0 Å². The molecule has 1 aromatic heterocycles. The summed E-state index contributed by atoms with van der Waals surface area (Å²) in [6.45, 7) is 9.83. The lowest BCUT2D eigenvalue weighted by atomic mass is 9.78. The molecule has 2 unspecified atom stereocenters. The summed E-state index contributed by atoms with van der Waals surface area (Å²) in [6.07, 6.45) is 6.71. The second kappa shape index (κ2) is 6.04. The highest BCUT2D eigenvalue weighted by atomic mass is 79.9. The minimum Gasteiger partial charge on any atom is -0.316 e. The number of nitrogens with one attached hydrogen (secondary N) is 1. The highest BCUT2D eigenvalue weighted by molar-refractivity contribution is 9.10. The van der Waals surface area contributed by atoms with Crippen molar-refractivity contribution in [3.8, 4) is 0 Å². The number of hydrogen-bond acceptors (Lipinski definition) is 2. The molecule has 4 heteroatoms. The zero-order valence-corrected chi connectivity index (χ0v) is 15.2. The van der Waals surface area contributed by atoms with Crippen LogP contribution in [0.3, 0.4) is 0 Å². The van der Waals surface area contributed by atoms with Crippen LogP contribution < -0.4 is 5.32 Å². The second-order valence-electron chi connectivity index (χ2n) is 7.18. The van der Waals surface area contributed by atoms with Gasteiger partial charge in [0.1, 0.15) is 0 Å². The van der Waals surface area contributed by atoms with Crippen LogP contribution in [0.25, 0.3) is 0 Å². The Bertz CT molecular complexity index is 498. The summed E-state index contributed by atoms with van der Waals surface area (Å²) in [6, 6.07) is 0. The molecule has 0 radical (unpaired) electrons. The standard InChI is InChI=1S/C17H28BrN3/c1-4-6-19-11-17(8-13-7-14(13)9-17)10-15-16(18)12(3)20-21(15)5-2/h13-14,19H,4-11H2,1-3H3. The summed E-state index contributed by atoms with van der Waals surface area (Å²) < 4.78 is 3.44. The van der Waals surface area contributed by atoms with Crippen LogP contribution in [0.1, 0.15) is 50.9 Å². The molecule has 0 bridgehead atoms. The maximum Gasteiger partial charge on any atom is 0.0738 e. The van der Waals surface area contributed by atoms with Crippen LogP contribution in [0.4, 0.5) is 0 Å². The second-order valence-corrected chi connectivity index (χ2v) is 7.97. The van der Waals surface area contributed by atoms with Gasteiger partial charge in [-0.1, -0.05) is 6.92 Å². The van der Waals surface area contributed by atoms with Gasteiger partial charge in [0, 0.05) is 13.1 Å². The Labute approximate surface area is 137 Å². The Hall–Kier alpha value is -0.350. The van der Waals surface area contributed by atoms with Crippen molar-refractivity contribution in [1.82, 2.24) is 15.1 Å². The lowest BCUT2D eigenvalue weighted by molar-refractivity contribution is 0.242. The number of hydrogen-bond donors (Lipinski definition) is 1. The number of aryl methyl sites for hydroxylation is 2. The van der Waals surface area contributed by atoms with Crippen molar-refractivity contribution in [1.29, 1.82) is 0 Å². The summed E-state index contributed by atoms with van der Waals surface area (Å²) in [7, 11) is 0. The van der Waals surface area contributed by atoms with Gasteiger partial charge in [0.2, 0.25) is 0 Å². The monoisotopic (exact) mass is 353 g/mol. The Kier molecular flexibility index (Phi) is 4.47. The number of rotatable bonds is 7. The van der Waals surface area contributed by atoms with Gasteiger partial charge in [-0.25, -0.2) is 0 Å². The van der Waals surface area contributed by atoms with E-state index in [4.69, 9.17) is 0 Å². The van der Waals surface area contributed by atoms with Crippen molar-refractivity contribution in [2.75, 3.05) is 13.1 Å². The molecule has 1 N–H and O–H groups in total. The summed E-state index contributed by atoms with van der Waals surface area (Å²) in [4.78, 5) is 0. The lowest BCUT2D eigenvalue weighted by Crippen LogP contribution is -2.36. The van der Waals surface area contributed by atoms with Crippen LogP contribution in [-0.4, -0.2) is 22.9 Å². The zero-order valence-electron chi connectivity index (χ0n) is 13.6. The van der Waals surface area contributed by atoms with Crippen LogP contribution in [0.5, 0.6) is 0 Å². The molecular weight excluding hydrogens is 326 g/mol. The molecule has 2 aliphatic rings. The molecule has 118 valence electrons. The number of nitrogens with zero attached hydrogens (tertiary/aromatic N) is 2. The fourth-order valence-electron chi connectivity index (χ4n) is 4.28. The third kappa shape index (κ3) is 3.07. The highest BCUT2D eigenvalue weighted by Gasteiger charge is 2.53. The molecule has 0 aliphatic heterocycles. The van der Waals surface area contributed by atoms with Gasteiger partial charge in [-0.15, -0.1) is 0 Å². The first-order chi connectivity index (χ1) is 10.1. The highest BCUT2D eigenvalue weighted by Crippen LogP contribution is 2.60. The SMILES string of the molecule is CCCNCC1(Cc2c(Br)c(C)nn2CC)CC2CC2C1. The molecule has 2 saturated carbocycles. The minimum absolute atomic E-state index is 0.463. The van der Waals surface area contributed by atoms with Gasteiger partial charge in [-0.05, 0) is 85.7 Å². The van der Waals surface area contributed by atoms with Crippen LogP contribution in [0, 0.1) is 24.2 Å². The van der Waals surface area contributed by atoms with Crippen LogP contribution in [-0.2, 0) is 13.0 Å². The first-order valence-corrected chi connectivity index (χ1v) is 9.30. The van der Waals surface area contributed by atoms with Crippen molar-refractivity contribution in [3.05, 3.63) is 15.9 Å². The van der Waals surface area contributed by atoms with Crippen molar-refractivity contribution in [2.45, 2.75) is 59.4 Å². The fourth-order valence-corrected chi connectivity index (χ4v) is 4.70. The van der Waals surface area contributed by atoms with Crippen molar-refractivity contribution >= 4 is 15.9 Å². The van der Waals surface area contributed by atoms with Crippen LogP contribution in [0.15, 0.2) is 4.47 Å². The Morgan fingerprint density at radius 1 is 1.33 bits per heavy atom. The van der Waals surface area contributed by atoms with E-state index in [1.165, 1.54) is 48.8 Å². The van der Waals surface area contributed by atoms with E-state index in [-0.39, 0.29) is 0 Å². The van der Waals surface area contributed by atoms with Gasteiger partial charge in [-0.2, -0.15) is 5.10 Å². The topological polar surface area (TPSA) is 29.9 Å². The van der Waals surface area contributed by atoms with E-state index in [2.05, 4.69) is 51.8 Å². The van der Waals surface area contributed by atoms with E-state index in [0.717, 1.165) is 30.6 Å². The van der Waals surface area contributed by atoms with Crippen LogP contribution >= 0.6 is 15.9 Å². The Balaban J connectivity index is 1.78. The molecule has 0 spiro atoms. The van der Waals surface area contributed by atoms with Crippen molar-refractivity contribution < 1.29 is 0 Å². The average Bonchev–Trinajstić information content (AvgIpc) is 3.00. The van der Waals surface area contributed by atoms with E-state index in [1.807, 2.05) is 0 Å². The lowest BCUT2D eigenvalue weighted by Gasteiger charge is -2.32. The van der Waals surface area contributed by atoms with E-state index < -0.39 is 0 Å². The maximum atomic E-state index is 4.68. The number of aromatic nitrogens is 2. The molecule has 1 heterocycles. The summed E-state index contributed by atoms with van der Waals surface area (Å²) in [5, 5.41) is 8.38. The Morgan fingerprint density at radius 3 is 2.67 bits per heavy atom. The fraction of sp³-hybridized carbons (Fsp3) is 0.824. The smallest absolute Gasteiger partial charge is 0.0738 e. The molecule has 2 aliphatic carbocycles. The van der Waals surface area contributed by atoms with Gasteiger partial charge in [0.15, 0.2) is 0 Å². The largest absolute Gasteiger partial charge is 0.316 e. The maximum absolute atomic E-state index is 4.68. The molecule has 3 nitrogen and oxygen atoms in total. The van der Waals surface area contributed by atoms with E-state index in [0.29, 0.717) is 5.41 Å². The summed E-state index contributed by atoms with van der Waals surface area (Å²) in [5.41, 5.74) is 3.01. The minimum atomic E-state index is 0.463. The van der Waals surface area contributed by atoms with E-state index in [1.54, 1.807) is 0 Å². The molecule has 2 fully saturated rings. The van der Waals surface area contributed by atoms with Crippen molar-refractivity contribution in [2.24, 2.45) is 17.3 Å². The number of fused-ring (bicyclic) bond motifs is 1. The first kappa shape index (κ1) is 15.5. The molecular formula is C17H28BrN3. The molecule has 0 aromatic carbocycles. The van der Waals surface area contributed by atoms with Gasteiger partial charge < -0.3 is 5.32 Å². The van der Waals surface area contributed by atoms with Crippen molar-refractivity contribution in [3.63, 3.8) is 0 Å². The number of halogens is 1. The summed E-state index contributed by atoms with van der Waals surface area (Å²) >= 11 is 3.78. The molecule has 2 atom stereocenters. The Morgan fingerprint density at radius 2 is 2.05 bits per heavy atom. The molecule has 0 saturated heterocycles. The quantitative estimate of drug-likeness (QED) is 0.752. The zero-order chi connectivity index (χ0) is 15.0. The first-order valence-electron chi connectivity index (χ1n) is 8.51. The van der Waals surface area contributed by atoms with Gasteiger partial charge in [-0.3, -0.25) is 4.68 Å². The molecule has 21 heavy (non-hydrogen) atoms. The molecule has 1 aromatic rings. The van der Waals surface area contributed by atoms with E-state index in [9.17, 15) is 0 Å². The molecule has 3 rings (SSSR count). The van der Waals surface area contributed by atoms with Gasteiger partial charge in [0.05, 0.1) is 15.9 Å². The third-order valence-corrected chi connectivity index (χ3v) is 6.41.